The summed E-state index contributed by atoms with van der Waals surface area (Å²) in [7, 11) is 1.69. The van der Waals surface area contributed by atoms with Gasteiger partial charge in [0.05, 0.1) is 11.9 Å². The molecule has 0 fully saturated rings. The molecule has 25 heavy (non-hydrogen) atoms. The van der Waals surface area contributed by atoms with E-state index in [1.807, 2.05) is 16.8 Å². The summed E-state index contributed by atoms with van der Waals surface area (Å²) in [6, 6.07) is 3.86. The van der Waals surface area contributed by atoms with Gasteiger partial charge in [-0.1, -0.05) is 13.8 Å². The van der Waals surface area contributed by atoms with Crippen molar-refractivity contribution in [2.45, 2.75) is 45.1 Å². The van der Waals surface area contributed by atoms with E-state index in [2.05, 4.69) is 23.9 Å². The zero-order valence-corrected chi connectivity index (χ0v) is 14.6. The smallest absolute Gasteiger partial charge is 0.278 e. The van der Waals surface area contributed by atoms with E-state index in [0.717, 1.165) is 36.0 Å². The van der Waals surface area contributed by atoms with E-state index in [1.165, 1.54) is 4.68 Å². The van der Waals surface area contributed by atoms with Gasteiger partial charge in [-0.25, -0.2) is 19.1 Å². The molecule has 130 valence electrons. The maximum absolute atomic E-state index is 12.3. The standard InChI is InChI=1S/C17H21N7O/c1-11(2)15-19-16(24(21-15)13-5-4-8-18-9-13)12-6-7-14-20-22(3)17(25)23(14)10-12/h4-5,8-9,11-12H,6-7,10H2,1-3H3. The van der Waals surface area contributed by atoms with Crippen LogP contribution in [-0.2, 0) is 20.0 Å². The molecule has 0 aliphatic carbocycles. The Labute approximate surface area is 145 Å². The molecule has 4 heterocycles. The molecule has 0 saturated carbocycles. The molecule has 1 aliphatic rings. The van der Waals surface area contributed by atoms with E-state index in [4.69, 9.17) is 10.1 Å². The molecule has 3 aromatic rings. The Hall–Kier alpha value is -2.77. The van der Waals surface area contributed by atoms with Crippen LogP contribution in [0.4, 0.5) is 0 Å². The summed E-state index contributed by atoms with van der Waals surface area (Å²) < 4.78 is 5.04. The maximum atomic E-state index is 12.3. The molecule has 0 amide bonds. The summed E-state index contributed by atoms with van der Waals surface area (Å²) in [6.07, 6.45) is 5.18. The number of pyridine rings is 1. The van der Waals surface area contributed by atoms with Gasteiger partial charge in [-0.15, -0.1) is 0 Å². The average Bonchev–Trinajstić information content (AvgIpc) is 3.18. The number of hydrogen-bond donors (Lipinski definition) is 0. The van der Waals surface area contributed by atoms with Gasteiger partial charge in [-0.3, -0.25) is 9.55 Å². The third-order valence-electron chi connectivity index (χ3n) is 4.62. The van der Waals surface area contributed by atoms with E-state index in [9.17, 15) is 4.79 Å². The molecule has 0 bridgehead atoms. The van der Waals surface area contributed by atoms with Crippen molar-refractivity contribution in [3.8, 4) is 5.69 Å². The lowest BCUT2D eigenvalue weighted by Gasteiger charge is -2.22. The highest BCUT2D eigenvalue weighted by Gasteiger charge is 2.29. The van der Waals surface area contributed by atoms with Gasteiger partial charge in [0.2, 0.25) is 0 Å². The Balaban J connectivity index is 1.77. The van der Waals surface area contributed by atoms with Gasteiger partial charge in [0.1, 0.15) is 11.6 Å². The SMILES string of the molecule is CC(C)c1nc(C2CCc3nn(C)c(=O)n3C2)n(-c2cccnc2)n1. The zero-order valence-electron chi connectivity index (χ0n) is 14.6. The van der Waals surface area contributed by atoms with Crippen molar-refractivity contribution in [1.82, 2.24) is 34.1 Å². The summed E-state index contributed by atoms with van der Waals surface area (Å²) in [5.41, 5.74) is 0.817. The maximum Gasteiger partial charge on any atom is 0.345 e. The van der Waals surface area contributed by atoms with Crippen molar-refractivity contribution < 1.29 is 0 Å². The van der Waals surface area contributed by atoms with Crippen LogP contribution in [0.25, 0.3) is 5.69 Å². The largest absolute Gasteiger partial charge is 0.345 e. The molecule has 1 atom stereocenters. The van der Waals surface area contributed by atoms with Crippen LogP contribution in [0, 0.1) is 0 Å². The Morgan fingerprint density at radius 2 is 2.12 bits per heavy atom. The number of rotatable bonds is 3. The monoisotopic (exact) mass is 339 g/mol. The second-order valence-corrected chi connectivity index (χ2v) is 6.77. The molecule has 1 aliphatic heterocycles. The fraction of sp³-hybridized carbons (Fsp3) is 0.471. The Bertz CT molecular complexity index is 951. The minimum Gasteiger partial charge on any atom is -0.278 e. The van der Waals surface area contributed by atoms with Crippen LogP contribution in [0.5, 0.6) is 0 Å². The number of aryl methyl sites for hydroxylation is 2. The van der Waals surface area contributed by atoms with Crippen LogP contribution in [0.15, 0.2) is 29.3 Å². The topological polar surface area (TPSA) is 83.4 Å². The fourth-order valence-corrected chi connectivity index (χ4v) is 3.27. The van der Waals surface area contributed by atoms with Crippen LogP contribution >= 0.6 is 0 Å². The molecule has 0 aromatic carbocycles. The van der Waals surface area contributed by atoms with Crippen LogP contribution < -0.4 is 5.69 Å². The lowest BCUT2D eigenvalue weighted by Crippen LogP contribution is -2.30. The van der Waals surface area contributed by atoms with Gasteiger partial charge in [0, 0.05) is 38.0 Å². The van der Waals surface area contributed by atoms with Crippen LogP contribution in [0.2, 0.25) is 0 Å². The molecule has 3 aromatic heterocycles. The molecule has 0 N–H and O–H groups in total. The van der Waals surface area contributed by atoms with Crippen LogP contribution in [0.3, 0.4) is 0 Å². The number of hydrogen-bond acceptors (Lipinski definition) is 5. The van der Waals surface area contributed by atoms with E-state index >= 15 is 0 Å². The summed E-state index contributed by atoms with van der Waals surface area (Å²) in [5.74, 6) is 2.90. The number of fused-ring (bicyclic) bond motifs is 1. The van der Waals surface area contributed by atoms with E-state index in [0.29, 0.717) is 6.54 Å². The van der Waals surface area contributed by atoms with Crippen molar-refractivity contribution in [2.75, 3.05) is 0 Å². The lowest BCUT2D eigenvalue weighted by molar-refractivity contribution is 0.426. The molecule has 8 heteroatoms. The first-order valence-corrected chi connectivity index (χ1v) is 8.54. The lowest BCUT2D eigenvalue weighted by atomic mass is 9.98. The van der Waals surface area contributed by atoms with E-state index < -0.39 is 0 Å². The quantitative estimate of drug-likeness (QED) is 0.720. The molecule has 0 spiro atoms. The van der Waals surface area contributed by atoms with Crippen molar-refractivity contribution in [1.29, 1.82) is 0 Å². The second kappa shape index (κ2) is 5.94. The van der Waals surface area contributed by atoms with Crippen molar-refractivity contribution in [3.63, 3.8) is 0 Å². The minimum absolute atomic E-state index is 0.0729. The fourth-order valence-electron chi connectivity index (χ4n) is 3.27. The third-order valence-corrected chi connectivity index (χ3v) is 4.62. The first kappa shape index (κ1) is 15.7. The first-order valence-electron chi connectivity index (χ1n) is 8.54. The molecular weight excluding hydrogens is 318 g/mol. The molecule has 1 unspecified atom stereocenters. The first-order chi connectivity index (χ1) is 12.0. The van der Waals surface area contributed by atoms with Crippen molar-refractivity contribution in [3.05, 3.63) is 52.5 Å². The number of nitrogens with zero attached hydrogens (tertiary/aromatic N) is 7. The highest BCUT2D eigenvalue weighted by atomic mass is 16.2. The highest BCUT2D eigenvalue weighted by Crippen LogP contribution is 2.28. The second-order valence-electron chi connectivity index (χ2n) is 6.77. The Morgan fingerprint density at radius 3 is 2.84 bits per heavy atom. The van der Waals surface area contributed by atoms with Gasteiger partial charge in [-0.05, 0) is 18.6 Å². The van der Waals surface area contributed by atoms with Gasteiger partial charge in [0.15, 0.2) is 5.82 Å². The van der Waals surface area contributed by atoms with Gasteiger partial charge in [-0.2, -0.15) is 10.2 Å². The molecule has 8 nitrogen and oxygen atoms in total. The van der Waals surface area contributed by atoms with E-state index in [-0.39, 0.29) is 17.5 Å². The Kier molecular flexibility index (Phi) is 3.74. The molecular formula is C17H21N7O. The minimum atomic E-state index is -0.0729. The predicted molar refractivity (Wildman–Crippen MR) is 91.8 cm³/mol. The average molecular weight is 339 g/mol. The van der Waals surface area contributed by atoms with Crippen molar-refractivity contribution >= 4 is 0 Å². The Morgan fingerprint density at radius 1 is 1.28 bits per heavy atom. The third kappa shape index (κ3) is 2.67. The summed E-state index contributed by atoms with van der Waals surface area (Å²) in [5, 5.41) is 9.00. The zero-order chi connectivity index (χ0) is 17.6. The highest BCUT2D eigenvalue weighted by molar-refractivity contribution is 5.29. The van der Waals surface area contributed by atoms with E-state index in [1.54, 1.807) is 24.0 Å². The van der Waals surface area contributed by atoms with Crippen LogP contribution in [0.1, 0.15) is 49.6 Å². The normalized spacial score (nSPS) is 17.0. The summed E-state index contributed by atoms with van der Waals surface area (Å²) >= 11 is 0. The van der Waals surface area contributed by atoms with Gasteiger partial charge < -0.3 is 0 Å². The van der Waals surface area contributed by atoms with Gasteiger partial charge in [0.25, 0.3) is 0 Å². The van der Waals surface area contributed by atoms with Crippen LogP contribution in [-0.4, -0.2) is 34.1 Å². The van der Waals surface area contributed by atoms with Gasteiger partial charge >= 0.3 is 5.69 Å². The summed E-state index contributed by atoms with van der Waals surface area (Å²) in [6.45, 7) is 4.74. The number of aromatic nitrogens is 7. The molecule has 0 saturated heterocycles. The molecule has 0 radical (unpaired) electrons. The van der Waals surface area contributed by atoms with Crippen molar-refractivity contribution in [2.24, 2.45) is 7.05 Å². The summed E-state index contributed by atoms with van der Waals surface area (Å²) in [4.78, 5) is 21.3. The molecule has 4 rings (SSSR count). The predicted octanol–water partition coefficient (Wildman–Crippen LogP) is 1.41.